The number of aliphatic hydroxyl groups is 1. The topological polar surface area (TPSA) is 51.1 Å². The lowest BCUT2D eigenvalue weighted by Gasteiger charge is -2.31. The Bertz CT molecular complexity index is 773. The van der Waals surface area contributed by atoms with Crippen LogP contribution in [0.3, 0.4) is 0 Å². The first kappa shape index (κ1) is 20.6. The van der Waals surface area contributed by atoms with Gasteiger partial charge in [0.25, 0.3) is 0 Å². The number of nitrogens with one attached hydrogen (secondary N) is 1. The van der Waals surface area contributed by atoms with Gasteiger partial charge in [0.2, 0.25) is 0 Å². The summed E-state index contributed by atoms with van der Waals surface area (Å²) in [4.78, 5) is 8.77. The highest BCUT2D eigenvalue weighted by molar-refractivity contribution is 7.07. The zero-order valence-corrected chi connectivity index (χ0v) is 17.4. The SMILES string of the molecule is CCNC(=NCc1ccc(N2CCC(O)CC2)c(F)c1)N(C)Cc1ccsc1. The van der Waals surface area contributed by atoms with E-state index in [-0.39, 0.29) is 11.9 Å². The fourth-order valence-corrected chi connectivity index (χ4v) is 4.04. The van der Waals surface area contributed by atoms with Crippen LogP contribution in [0.5, 0.6) is 0 Å². The molecular formula is C21H29FN4OS. The van der Waals surface area contributed by atoms with Gasteiger partial charge in [-0.25, -0.2) is 9.38 Å². The molecule has 1 saturated heterocycles. The van der Waals surface area contributed by atoms with Gasteiger partial charge in [0, 0.05) is 33.2 Å². The molecule has 28 heavy (non-hydrogen) atoms. The number of guanidine groups is 1. The van der Waals surface area contributed by atoms with Crippen LogP contribution in [0.15, 0.2) is 40.0 Å². The quantitative estimate of drug-likeness (QED) is 0.572. The Kier molecular flexibility index (Phi) is 7.28. The number of piperidine rings is 1. The van der Waals surface area contributed by atoms with Crippen molar-refractivity contribution in [2.24, 2.45) is 4.99 Å². The van der Waals surface area contributed by atoms with E-state index in [1.165, 1.54) is 5.56 Å². The van der Waals surface area contributed by atoms with E-state index in [1.54, 1.807) is 17.4 Å². The van der Waals surface area contributed by atoms with E-state index in [2.05, 4.69) is 32.0 Å². The third kappa shape index (κ3) is 5.45. The zero-order valence-electron chi connectivity index (χ0n) is 16.6. The second-order valence-electron chi connectivity index (χ2n) is 7.16. The van der Waals surface area contributed by atoms with Gasteiger partial charge in [-0.15, -0.1) is 0 Å². The number of halogens is 1. The standard InChI is InChI=1S/C21H29FN4OS/c1-3-23-21(25(2)14-17-8-11-28-15-17)24-13-16-4-5-20(19(22)12-16)26-9-6-18(27)7-10-26/h4-5,8,11-12,15,18,27H,3,6-7,9-10,13-14H2,1-2H3,(H,23,24). The summed E-state index contributed by atoms with van der Waals surface area (Å²) in [5, 5.41) is 17.1. The molecule has 2 aromatic rings. The molecule has 1 fully saturated rings. The summed E-state index contributed by atoms with van der Waals surface area (Å²) >= 11 is 1.69. The summed E-state index contributed by atoms with van der Waals surface area (Å²) < 4.78 is 14.6. The molecule has 0 aliphatic carbocycles. The number of anilines is 1. The molecule has 0 saturated carbocycles. The summed E-state index contributed by atoms with van der Waals surface area (Å²) in [6.45, 7) is 5.40. The maximum atomic E-state index is 14.6. The number of hydrogen-bond donors (Lipinski definition) is 2. The number of rotatable bonds is 6. The van der Waals surface area contributed by atoms with Crippen molar-refractivity contribution in [2.45, 2.75) is 39.0 Å². The van der Waals surface area contributed by atoms with Crippen molar-refractivity contribution in [1.82, 2.24) is 10.2 Å². The fourth-order valence-electron chi connectivity index (χ4n) is 3.38. The zero-order chi connectivity index (χ0) is 19.9. The number of nitrogens with zero attached hydrogens (tertiary/aromatic N) is 3. The van der Waals surface area contributed by atoms with Gasteiger partial charge in [0.15, 0.2) is 5.96 Å². The fraction of sp³-hybridized carbons (Fsp3) is 0.476. The van der Waals surface area contributed by atoms with E-state index < -0.39 is 0 Å². The average molecular weight is 405 g/mol. The summed E-state index contributed by atoms with van der Waals surface area (Å²) in [5.74, 6) is 0.587. The van der Waals surface area contributed by atoms with E-state index in [0.29, 0.717) is 38.2 Å². The van der Waals surface area contributed by atoms with Gasteiger partial charge >= 0.3 is 0 Å². The van der Waals surface area contributed by atoms with Crippen molar-refractivity contribution in [1.29, 1.82) is 0 Å². The molecule has 3 rings (SSSR count). The lowest BCUT2D eigenvalue weighted by molar-refractivity contribution is 0.145. The molecular weight excluding hydrogens is 375 g/mol. The Labute approximate surface area is 170 Å². The summed E-state index contributed by atoms with van der Waals surface area (Å²) in [5.41, 5.74) is 2.71. The molecule has 0 bridgehead atoms. The Hall–Kier alpha value is -2.12. The number of hydrogen-bond acceptors (Lipinski definition) is 4. The molecule has 7 heteroatoms. The van der Waals surface area contributed by atoms with Crippen molar-refractivity contribution in [3.8, 4) is 0 Å². The van der Waals surface area contributed by atoms with Crippen LogP contribution in [0.25, 0.3) is 0 Å². The monoisotopic (exact) mass is 404 g/mol. The summed E-state index contributed by atoms with van der Waals surface area (Å²) in [7, 11) is 2.01. The molecule has 1 aromatic heterocycles. The maximum absolute atomic E-state index is 14.6. The van der Waals surface area contributed by atoms with Gasteiger partial charge in [0.05, 0.1) is 18.3 Å². The van der Waals surface area contributed by atoms with Crippen molar-refractivity contribution in [2.75, 3.05) is 31.6 Å². The molecule has 2 heterocycles. The first-order chi connectivity index (χ1) is 13.6. The normalized spacial score (nSPS) is 15.7. The van der Waals surface area contributed by atoms with Gasteiger partial charge in [-0.2, -0.15) is 11.3 Å². The summed E-state index contributed by atoms with van der Waals surface area (Å²) in [6.07, 6.45) is 1.12. The number of aliphatic hydroxyl groups excluding tert-OH is 1. The molecule has 1 aliphatic heterocycles. The number of thiophene rings is 1. The Morgan fingerprint density at radius 3 is 2.75 bits per heavy atom. The van der Waals surface area contributed by atoms with Gasteiger partial charge in [-0.05, 0) is 59.9 Å². The minimum Gasteiger partial charge on any atom is -0.393 e. The molecule has 0 radical (unpaired) electrons. The first-order valence-electron chi connectivity index (χ1n) is 9.78. The van der Waals surface area contributed by atoms with Gasteiger partial charge in [0.1, 0.15) is 5.82 Å². The van der Waals surface area contributed by atoms with Crippen LogP contribution in [-0.4, -0.2) is 48.8 Å². The molecule has 0 atom stereocenters. The van der Waals surface area contributed by atoms with Crippen LogP contribution in [0.1, 0.15) is 30.9 Å². The smallest absolute Gasteiger partial charge is 0.194 e. The van der Waals surface area contributed by atoms with Gasteiger partial charge < -0.3 is 20.2 Å². The highest BCUT2D eigenvalue weighted by atomic mass is 32.1. The van der Waals surface area contributed by atoms with Crippen molar-refractivity contribution in [3.05, 3.63) is 52.0 Å². The third-order valence-corrected chi connectivity index (χ3v) is 5.66. The maximum Gasteiger partial charge on any atom is 0.194 e. The number of benzene rings is 1. The highest BCUT2D eigenvalue weighted by Gasteiger charge is 2.19. The van der Waals surface area contributed by atoms with E-state index in [0.717, 1.165) is 24.6 Å². The molecule has 0 unspecified atom stereocenters. The largest absolute Gasteiger partial charge is 0.393 e. The molecule has 1 aliphatic rings. The molecule has 1 aromatic carbocycles. The van der Waals surface area contributed by atoms with Crippen LogP contribution in [0.2, 0.25) is 0 Å². The van der Waals surface area contributed by atoms with Crippen molar-refractivity contribution < 1.29 is 9.50 Å². The van der Waals surface area contributed by atoms with Crippen molar-refractivity contribution in [3.63, 3.8) is 0 Å². The average Bonchev–Trinajstić information content (AvgIpc) is 3.19. The summed E-state index contributed by atoms with van der Waals surface area (Å²) in [6, 6.07) is 7.46. The van der Waals surface area contributed by atoms with Crippen LogP contribution >= 0.6 is 11.3 Å². The minimum atomic E-state index is -0.261. The minimum absolute atomic E-state index is 0.222. The lowest BCUT2D eigenvalue weighted by atomic mass is 10.1. The second-order valence-corrected chi connectivity index (χ2v) is 7.94. The predicted octanol–water partition coefficient (Wildman–Crippen LogP) is 3.45. The highest BCUT2D eigenvalue weighted by Crippen LogP contribution is 2.24. The molecule has 5 nitrogen and oxygen atoms in total. The Balaban J connectivity index is 1.66. The van der Waals surface area contributed by atoms with E-state index >= 15 is 0 Å². The van der Waals surface area contributed by atoms with E-state index in [9.17, 15) is 9.50 Å². The van der Waals surface area contributed by atoms with Crippen molar-refractivity contribution >= 4 is 23.0 Å². The van der Waals surface area contributed by atoms with Gasteiger partial charge in [-0.3, -0.25) is 0 Å². The van der Waals surface area contributed by atoms with E-state index in [1.807, 2.05) is 31.0 Å². The van der Waals surface area contributed by atoms with Crippen LogP contribution in [0.4, 0.5) is 10.1 Å². The molecule has 2 N–H and O–H groups in total. The lowest BCUT2D eigenvalue weighted by Crippen LogP contribution is -2.38. The van der Waals surface area contributed by atoms with E-state index in [4.69, 9.17) is 0 Å². The molecule has 0 amide bonds. The van der Waals surface area contributed by atoms with Gasteiger partial charge in [-0.1, -0.05) is 6.07 Å². The molecule has 0 spiro atoms. The third-order valence-electron chi connectivity index (χ3n) is 4.92. The van der Waals surface area contributed by atoms with Crippen LogP contribution in [-0.2, 0) is 13.1 Å². The first-order valence-corrected chi connectivity index (χ1v) is 10.7. The Morgan fingerprint density at radius 1 is 1.32 bits per heavy atom. The predicted molar refractivity (Wildman–Crippen MR) is 114 cm³/mol. The number of aliphatic imine (C=N–C) groups is 1. The Morgan fingerprint density at radius 2 is 2.11 bits per heavy atom. The van der Waals surface area contributed by atoms with Crippen LogP contribution in [0, 0.1) is 5.82 Å². The molecule has 152 valence electrons. The second kappa shape index (κ2) is 9.89. The van der Waals surface area contributed by atoms with Crippen LogP contribution < -0.4 is 10.2 Å².